The molecule has 24 heavy (non-hydrogen) atoms. The summed E-state index contributed by atoms with van der Waals surface area (Å²) >= 11 is 1.53. The van der Waals surface area contributed by atoms with Crippen LogP contribution in [0.15, 0.2) is 40.3 Å². The van der Waals surface area contributed by atoms with Gasteiger partial charge in [-0.15, -0.1) is 11.8 Å². The summed E-state index contributed by atoms with van der Waals surface area (Å²) in [6.07, 6.45) is 4.75. The van der Waals surface area contributed by atoms with Crippen molar-refractivity contribution in [3.05, 3.63) is 46.6 Å². The maximum Gasteiger partial charge on any atom is 0.282 e. The van der Waals surface area contributed by atoms with Crippen LogP contribution in [0.2, 0.25) is 0 Å². The number of H-pyrrole nitrogens is 1. The summed E-state index contributed by atoms with van der Waals surface area (Å²) in [5.74, 6) is 0.382. The Morgan fingerprint density at radius 1 is 1.42 bits per heavy atom. The molecule has 1 aromatic carbocycles. The molecule has 1 amide bonds. The van der Waals surface area contributed by atoms with Crippen LogP contribution in [0.5, 0.6) is 5.75 Å². The fourth-order valence-electron chi connectivity index (χ4n) is 2.37. The van der Waals surface area contributed by atoms with Crippen molar-refractivity contribution in [1.29, 1.82) is 0 Å². The van der Waals surface area contributed by atoms with Crippen LogP contribution in [0.25, 0.3) is 0 Å². The van der Waals surface area contributed by atoms with Crippen molar-refractivity contribution in [3.8, 4) is 5.75 Å². The van der Waals surface area contributed by atoms with E-state index in [1.807, 2.05) is 38.3 Å². The predicted molar refractivity (Wildman–Crippen MR) is 96.1 cm³/mol. The molecule has 0 aliphatic heterocycles. The van der Waals surface area contributed by atoms with Gasteiger partial charge in [0.1, 0.15) is 0 Å². The summed E-state index contributed by atoms with van der Waals surface area (Å²) < 4.78 is 5.53. The monoisotopic (exact) mass is 347 g/mol. The first-order valence-electron chi connectivity index (χ1n) is 7.56. The number of hydrogen-bond acceptors (Lipinski definition) is 5. The Balaban J connectivity index is 2.56. The van der Waals surface area contributed by atoms with E-state index in [2.05, 4.69) is 9.97 Å². The molecule has 1 heterocycles. The number of carbonyl (C=O) groups excluding carboxylic acids is 1. The molecule has 0 unspecified atom stereocenters. The van der Waals surface area contributed by atoms with Gasteiger partial charge in [0.05, 0.1) is 17.7 Å². The van der Waals surface area contributed by atoms with Crippen LogP contribution in [0.4, 0.5) is 5.69 Å². The molecular formula is C17H21N3O3S. The number of amides is 1. The third-order valence-electron chi connectivity index (χ3n) is 3.38. The number of carbonyl (C=O) groups is 1. The first-order valence-corrected chi connectivity index (χ1v) is 8.78. The maximum absolute atomic E-state index is 13.0. The maximum atomic E-state index is 13.0. The van der Waals surface area contributed by atoms with Crippen molar-refractivity contribution >= 4 is 23.4 Å². The Morgan fingerprint density at radius 2 is 2.17 bits per heavy atom. The number of nitrogens with zero attached hydrogens (tertiary/aromatic N) is 2. The van der Waals surface area contributed by atoms with E-state index >= 15 is 0 Å². The quantitative estimate of drug-likeness (QED) is 0.813. The average molecular weight is 347 g/mol. The van der Waals surface area contributed by atoms with E-state index in [1.54, 1.807) is 12.0 Å². The van der Waals surface area contributed by atoms with Crippen LogP contribution in [0, 0.1) is 5.92 Å². The standard InChI is InChI=1S/C17H21N3O3S/c1-11(2)10-20(17(22)14-16(21)19-9-8-18-14)12-6-5-7-13(24-4)15(12)23-3/h5-9,11H,10H2,1-4H3,(H,19,21). The number of para-hydroxylation sites is 1. The van der Waals surface area contributed by atoms with Gasteiger partial charge in [0, 0.05) is 18.9 Å². The fraction of sp³-hybridized carbons (Fsp3) is 0.353. The lowest BCUT2D eigenvalue weighted by Gasteiger charge is -2.26. The lowest BCUT2D eigenvalue weighted by atomic mass is 10.1. The van der Waals surface area contributed by atoms with Gasteiger partial charge in [0.2, 0.25) is 0 Å². The molecule has 0 atom stereocenters. The zero-order chi connectivity index (χ0) is 17.7. The molecule has 0 aliphatic carbocycles. The first-order chi connectivity index (χ1) is 11.5. The van der Waals surface area contributed by atoms with E-state index in [9.17, 15) is 9.59 Å². The highest BCUT2D eigenvalue weighted by atomic mass is 32.2. The molecule has 128 valence electrons. The molecule has 2 rings (SSSR count). The lowest BCUT2D eigenvalue weighted by molar-refractivity contribution is 0.0976. The summed E-state index contributed by atoms with van der Waals surface area (Å²) in [4.78, 5) is 33.8. The van der Waals surface area contributed by atoms with Gasteiger partial charge in [0.15, 0.2) is 11.4 Å². The minimum atomic E-state index is -0.503. The van der Waals surface area contributed by atoms with Crippen LogP contribution < -0.4 is 15.2 Å². The molecular weight excluding hydrogens is 326 g/mol. The highest BCUT2D eigenvalue weighted by molar-refractivity contribution is 7.98. The molecule has 6 nitrogen and oxygen atoms in total. The summed E-state index contributed by atoms with van der Waals surface area (Å²) in [5.41, 5.74) is -0.000829. The largest absolute Gasteiger partial charge is 0.493 e. The Labute approximate surface area is 145 Å². The van der Waals surface area contributed by atoms with Gasteiger partial charge in [-0.25, -0.2) is 4.98 Å². The molecule has 2 aromatic rings. The molecule has 7 heteroatoms. The molecule has 0 bridgehead atoms. The third kappa shape index (κ3) is 3.79. The van der Waals surface area contributed by atoms with Crippen molar-refractivity contribution in [2.24, 2.45) is 5.92 Å². The SMILES string of the molecule is COc1c(SC)cccc1N(CC(C)C)C(=O)c1ncc[nH]c1=O. The number of thioether (sulfide) groups is 1. The van der Waals surface area contributed by atoms with E-state index < -0.39 is 11.5 Å². The van der Waals surface area contributed by atoms with Crippen LogP contribution in [-0.2, 0) is 0 Å². The van der Waals surface area contributed by atoms with Gasteiger partial charge in [-0.3, -0.25) is 9.59 Å². The molecule has 0 spiro atoms. The van der Waals surface area contributed by atoms with Crippen molar-refractivity contribution in [2.45, 2.75) is 18.7 Å². The predicted octanol–water partition coefficient (Wildman–Crippen LogP) is 2.80. The topological polar surface area (TPSA) is 75.3 Å². The van der Waals surface area contributed by atoms with Crippen LogP contribution in [-0.4, -0.2) is 35.8 Å². The first kappa shape index (κ1) is 18.1. The smallest absolute Gasteiger partial charge is 0.282 e. The number of aromatic nitrogens is 2. The number of hydrogen-bond donors (Lipinski definition) is 1. The fourth-order valence-corrected chi connectivity index (χ4v) is 2.96. The Hall–Kier alpha value is -2.28. The van der Waals surface area contributed by atoms with Gasteiger partial charge in [-0.2, -0.15) is 0 Å². The minimum Gasteiger partial charge on any atom is -0.493 e. The highest BCUT2D eigenvalue weighted by Crippen LogP contribution is 2.37. The second kappa shape index (κ2) is 8.01. The number of aromatic amines is 1. The van der Waals surface area contributed by atoms with Crippen molar-refractivity contribution in [3.63, 3.8) is 0 Å². The molecule has 0 fully saturated rings. The zero-order valence-electron chi connectivity index (χ0n) is 14.2. The Kier molecular flexibility index (Phi) is 6.03. The Morgan fingerprint density at radius 3 is 2.75 bits per heavy atom. The number of benzene rings is 1. The number of rotatable bonds is 6. The molecule has 0 saturated heterocycles. The van der Waals surface area contributed by atoms with E-state index in [4.69, 9.17) is 4.74 Å². The molecule has 0 saturated carbocycles. The van der Waals surface area contributed by atoms with Crippen LogP contribution in [0.1, 0.15) is 24.3 Å². The average Bonchev–Trinajstić information content (AvgIpc) is 2.58. The van der Waals surface area contributed by atoms with Gasteiger partial charge >= 0.3 is 0 Å². The highest BCUT2D eigenvalue weighted by Gasteiger charge is 2.26. The summed E-state index contributed by atoms with van der Waals surface area (Å²) in [6, 6.07) is 5.61. The van der Waals surface area contributed by atoms with E-state index in [-0.39, 0.29) is 11.6 Å². The molecule has 0 radical (unpaired) electrons. The van der Waals surface area contributed by atoms with Crippen molar-refractivity contribution in [1.82, 2.24) is 9.97 Å². The number of nitrogens with one attached hydrogen (secondary N) is 1. The van der Waals surface area contributed by atoms with E-state index in [0.29, 0.717) is 18.0 Å². The van der Waals surface area contributed by atoms with Crippen LogP contribution in [0.3, 0.4) is 0 Å². The number of methoxy groups -OCH3 is 1. The molecule has 1 N–H and O–H groups in total. The van der Waals surface area contributed by atoms with Gasteiger partial charge in [0.25, 0.3) is 11.5 Å². The zero-order valence-corrected chi connectivity index (χ0v) is 15.0. The van der Waals surface area contributed by atoms with Gasteiger partial charge in [-0.05, 0) is 24.3 Å². The number of anilines is 1. The summed E-state index contributed by atoms with van der Waals surface area (Å²) in [5, 5.41) is 0. The Bertz CT molecular complexity index is 774. The van der Waals surface area contributed by atoms with Crippen molar-refractivity contribution in [2.75, 3.05) is 24.8 Å². The van der Waals surface area contributed by atoms with Crippen LogP contribution >= 0.6 is 11.8 Å². The third-order valence-corrected chi connectivity index (χ3v) is 4.14. The van der Waals surface area contributed by atoms with Gasteiger partial charge < -0.3 is 14.6 Å². The number of ether oxygens (including phenoxy) is 1. The lowest BCUT2D eigenvalue weighted by Crippen LogP contribution is -2.38. The summed E-state index contributed by atoms with van der Waals surface area (Å²) in [6.45, 7) is 4.46. The normalized spacial score (nSPS) is 10.7. The molecule has 1 aromatic heterocycles. The van der Waals surface area contributed by atoms with E-state index in [1.165, 1.54) is 24.2 Å². The van der Waals surface area contributed by atoms with E-state index in [0.717, 1.165) is 4.90 Å². The summed E-state index contributed by atoms with van der Waals surface area (Å²) in [7, 11) is 1.57. The second-order valence-corrected chi connectivity index (χ2v) is 6.44. The second-order valence-electron chi connectivity index (χ2n) is 5.59. The van der Waals surface area contributed by atoms with Gasteiger partial charge in [-0.1, -0.05) is 19.9 Å². The van der Waals surface area contributed by atoms with Crippen molar-refractivity contribution < 1.29 is 9.53 Å². The minimum absolute atomic E-state index is 0.130. The molecule has 0 aliphatic rings.